The van der Waals surface area contributed by atoms with Crippen molar-refractivity contribution in [1.29, 1.82) is 0 Å². The van der Waals surface area contributed by atoms with E-state index in [0.717, 1.165) is 22.5 Å². The molecule has 0 N–H and O–H groups in total. The second-order valence-electron chi connectivity index (χ2n) is 7.04. The Morgan fingerprint density at radius 3 is 1.41 bits per heavy atom. The zero-order valence-corrected chi connectivity index (χ0v) is 15.2. The number of fused-ring (bicyclic) bond motifs is 2. The molecule has 0 saturated carbocycles. The van der Waals surface area contributed by atoms with Crippen LogP contribution in [0.15, 0.2) is 97.1 Å². The molecule has 0 radical (unpaired) electrons. The Morgan fingerprint density at radius 1 is 0.481 bits per heavy atom. The summed E-state index contributed by atoms with van der Waals surface area (Å²) in [5, 5.41) is 4.99. The average Bonchev–Trinajstić information content (AvgIpc) is 2.72. The van der Waals surface area contributed by atoms with Gasteiger partial charge in [0.1, 0.15) is 0 Å². The Morgan fingerprint density at radius 2 is 0.926 bits per heavy atom. The van der Waals surface area contributed by atoms with E-state index < -0.39 is 0 Å². The highest BCUT2D eigenvalue weighted by molar-refractivity contribution is 5.88. The van der Waals surface area contributed by atoms with E-state index in [-0.39, 0.29) is 0 Å². The second kappa shape index (κ2) is 6.37. The lowest BCUT2D eigenvalue weighted by Crippen LogP contribution is -1.91. The minimum Gasteiger partial charge on any atom is -0.248 e. The highest BCUT2D eigenvalue weighted by atomic mass is 14.7. The largest absolute Gasteiger partial charge is 0.248 e. The molecule has 0 bridgehead atoms. The minimum atomic E-state index is 1.02. The Bertz CT molecular complexity index is 1190. The maximum absolute atomic E-state index is 4.99. The molecule has 5 aromatic rings. The molecule has 27 heavy (non-hydrogen) atoms. The summed E-state index contributed by atoms with van der Waals surface area (Å²) in [4.78, 5) is 4.99. The van der Waals surface area contributed by atoms with Crippen LogP contribution in [-0.2, 0) is 0 Å². The number of nitrogens with zero attached hydrogens (tertiary/aromatic N) is 1. The summed E-state index contributed by atoms with van der Waals surface area (Å²) in [5.74, 6) is 0. The van der Waals surface area contributed by atoms with Crippen molar-refractivity contribution >= 4 is 21.5 Å². The van der Waals surface area contributed by atoms with Crippen molar-refractivity contribution in [3.05, 3.63) is 103 Å². The number of aryl methyl sites for hydroxylation is 1. The molecule has 1 aromatic heterocycles. The molecule has 0 aliphatic rings. The molecule has 0 fully saturated rings. The Kier molecular flexibility index (Phi) is 3.72. The number of aromatic nitrogens is 1. The molecule has 0 aliphatic heterocycles. The summed E-state index contributed by atoms with van der Waals surface area (Å²) in [5.41, 5.74) is 5.56. The van der Waals surface area contributed by atoms with Gasteiger partial charge in [-0.25, -0.2) is 4.98 Å². The van der Waals surface area contributed by atoms with Crippen LogP contribution in [0.2, 0.25) is 0 Å². The van der Waals surface area contributed by atoms with Gasteiger partial charge in [-0.15, -0.1) is 0 Å². The van der Waals surface area contributed by atoms with Gasteiger partial charge in [-0.05, 0) is 58.3 Å². The van der Waals surface area contributed by atoms with Crippen LogP contribution >= 0.6 is 0 Å². The number of benzene rings is 4. The molecule has 1 nitrogen and oxygen atoms in total. The maximum atomic E-state index is 4.99. The Balaban J connectivity index is 1.64. The molecule has 0 saturated heterocycles. The molecule has 0 aliphatic carbocycles. The molecular weight excluding hydrogens is 326 g/mol. The lowest BCUT2D eigenvalue weighted by Gasteiger charge is -2.09. The number of hydrogen-bond donors (Lipinski definition) is 0. The van der Waals surface area contributed by atoms with E-state index in [1.807, 2.05) is 0 Å². The van der Waals surface area contributed by atoms with Crippen molar-refractivity contribution < 1.29 is 0 Å². The summed E-state index contributed by atoms with van der Waals surface area (Å²) < 4.78 is 0. The third-order valence-electron chi connectivity index (χ3n) is 5.06. The molecule has 0 unspecified atom stereocenters. The smallest absolute Gasteiger partial charge is 0.0712 e. The first-order chi connectivity index (χ1) is 13.3. The topological polar surface area (TPSA) is 12.9 Å². The van der Waals surface area contributed by atoms with E-state index in [0.29, 0.717) is 0 Å². The molecule has 1 heteroatoms. The van der Waals surface area contributed by atoms with Crippen LogP contribution in [0.5, 0.6) is 0 Å². The van der Waals surface area contributed by atoms with Gasteiger partial charge >= 0.3 is 0 Å². The predicted molar refractivity (Wildman–Crippen MR) is 115 cm³/mol. The quantitative estimate of drug-likeness (QED) is 0.335. The van der Waals surface area contributed by atoms with Gasteiger partial charge in [0.05, 0.1) is 11.4 Å². The first-order valence-corrected chi connectivity index (χ1v) is 9.23. The average molecular weight is 345 g/mol. The Labute approximate surface area is 158 Å². The molecule has 0 atom stereocenters. The van der Waals surface area contributed by atoms with Gasteiger partial charge in [-0.3, -0.25) is 0 Å². The van der Waals surface area contributed by atoms with Crippen molar-refractivity contribution in [1.82, 2.24) is 4.98 Å². The van der Waals surface area contributed by atoms with Gasteiger partial charge in [0.25, 0.3) is 0 Å². The maximum Gasteiger partial charge on any atom is 0.0712 e. The highest BCUT2D eigenvalue weighted by Gasteiger charge is 2.07. The molecule has 4 aromatic carbocycles. The van der Waals surface area contributed by atoms with E-state index in [4.69, 9.17) is 4.98 Å². The van der Waals surface area contributed by atoms with E-state index >= 15 is 0 Å². The van der Waals surface area contributed by atoms with E-state index in [1.165, 1.54) is 27.1 Å². The lowest BCUT2D eigenvalue weighted by atomic mass is 10.0. The van der Waals surface area contributed by atoms with Crippen LogP contribution in [-0.4, -0.2) is 4.98 Å². The van der Waals surface area contributed by atoms with Crippen LogP contribution in [0, 0.1) is 6.92 Å². The molecular formula is C26H19N. The van der Waals surface area contributed by atoms with Gasteiger partial charge in [0.15, 0.2) is 0 Å². The van der Waals surface area contributed by atoms with Crippen LogP contribution < -0.4 is 0 Å². The number of hydrogen-bond acceptors (Lipinski definition) is 1. The summed E-state index contributed by atoms with van der Waals surface area (Å²) >= 11 is 0. The second-order valence-corrected chi connectivity index (χ2v) is 7.04. The highest BCUT2D eigenvalue weighted by Crippen LogP contribution is 2.28. The lowest BCUT2D eigenvalue weighted by molar-refractivity contribution is 1.29. The van der Waals surface area contributed by atoms with Crippen molar-refractivity contribution in [2.45, 2.75) is 6.92 Å². The van der Waals surface area contributed by atoms with Crippen LogP contribution in [0.4, 0.5) is 0 Å². The summed E-state index contributed by atoms with van der Waals surface area (Å²) in [6.07, 6.45) is 0. The van der Waals surface area contributed by atoms with E-state index in [1.54, 1.807) is 0 Å². The molecule has 1 heterocycles. The Hall–Kier alpha value is -3.45. The van der Waals surface area contributed by atoms with Gasteiger partial charge in [0.2, 0.25) is 0 Å². The zero-order valence-electron chi connectivity index (χ0n) is 15.2. The summed E-state index contributed by atoms with van der Waals surface area (Å²) in [6, 6.07) is 34.3. The van der Waals surface area contributed by atoms with Gasteiger partial charge in [-0.2, -0.15) is 0 Å². The molecule has 0 spiro atoms. The third kappa shape index (κ3) is 2.98. The van der Waals surface area contributed by atoms with Crippen molar-refractivity contribution in [3.8, 4) is 22.5 Å². The number of pyridine rings is 1. The fourth-order valence-electron chi connectivity index (χ4n) is 3.66. The molecule has 128 valence electrons. The monoisotopic (exact) mass is 345 g/mol. The van der Waals surface area contributed by atoms with Crippen LogP contribution in [0.25, 0.3) is 44.1 Å². The van der Waals surface area contributed by atoms with Gasteiger partial charge < -0.3 is 0 Å². The van der Waals surface area contributed by atoms with Crippen LogP contribution in [0.3, 0.4) is 0 Å². The summed E-state index contributed by atoms with van der Waals surface area (Å²) in [6.45, 7) is 2.14. The predicted octanol–water partition coefficient (Wildman–Crippen LogP) is 7.03. The fraction of sp³-hybridized carbons (Fsp3) is 0.0385. The van der Waals surface area contributed by atoms with Crippen molar-refractivity contribution in [2.75, 3.05) is 0 Å². The first kappa shape index (κ1) is 15.8. The van der Waals surface area contributed by atoms with Gasteiger partial charge in [0, 0.05) is 11.1 Å². The minimum absolute atomic E-state index is 1.02. The van der Waals surface area contributed by atoms with Crippen molar-refractivity contribution in [3.63, 3.8) is 0 Å². The van der Waals surface area contributed by atoms with Gasteiger partial charge in [-0.1, -0.05) is 72.8 Å². The molecule has 0 amide bonds. The fourth-order valence-corrected chi connectivity index (χ4v) is 3.66. The van der Waals surface area contributed by atoms with E-state index in [2.05, 4.69) is 104 Å². The summed E-state index contributed by atoms with van der Waals surface area (Å²) in [7, 11) is 0. The molecule has 5 rings (SSSR count). The number of rotatable bonds is 2. The zero-order chi connectivity index (χ0) is 18.2. The SMILES string of the molecule is Cc1cc(-c2ccc3ccccc3c2)nc(-c2ccc3ccccc3c2)c1. The normalized spacial score (nSPS) is 11.1. The first-order valence-electron chi connectivity index (χ1n) is 9.23. The third-order valence-corrected chi connectivity index (χ3v) is 5.06. The van der Waals surface area contributed by atoms with Crippen molar-refractivity contribution in [2.24, 2.45) is 0 Å². The standard InChI is InChI=1S/C26H19N/c1-18-14-25(23-12-10-19-6-2-4-8-21(19)16-23)27-26(15-18)24-13-11-20-7-3-5-9-22(20)17-24/h2-17H,1H3. The van der Waals surface area contributed by atoms with Crippen LogP contribution in [0.1, 0.15) is 5.56 Å². The van der Waals surface area contributed by atoms with E-state index in [9.17, 15) is 0 Å².